The highest BCUT2D eigenvalue weighted by molar-refractivity contribution is 7.90. The van der Waals surface area contributed by atoms with Crippen LogP contribution in [0.2, 0.25) is 0 Å². The van der Waals surface area contributed by atoms with E-state index in [1.165, 1.54) is 42.3 Å². The minimum Gasteiger partial charge on any atom is -0.300 e. The van der Waals surface area contributed by atoms with Gasteiger partial charge in [-0.3, -0.25) is 9.78 Å². The van der Waals surface area contributed by atoms with Gasteiger partial charge in [-0.25, -0.2) is 25.1 Å². The Kier molecular flexibility index (Phi) is 5.48. The first kappa shape index (κ1) is 21.7. The minimum absolute atomic E-state index is 0.0167. The number of pyridine rings is 1. The SMILES string of the molecule is CN(C)S(=O)(=O)c1ccc(S(=O)(=O)n2cc(C3CCC(=O)CC3)c3ncccc32)cc1. The van der Waals surface area contributed by atoms with Crippen LogP contribution in [0.4, 0.5) is 0 Å². The number of Topliss-reactive ketones (excluding diaryl/α,β-unsaturated/α-hetero) is 1. The lowest BCUT2D eigenvalue weighted by Crippen LogP contribution is -2.22. The molecule has 2 heterocycles. The van der Waals surface area contributed by atoms with Crippen molar-refractivity contribution in [2.75, 3.05) is 14.1 Å². The largest absolute Gasteiger partial charge is 0.300 e. The molecule has 1 aliphatic carbocycles. The predicted octanol–water partition coefficient (Wildman–Crippen LogP) is 2.75. The highest BCUT2D eigenvalue weighted by Gasteiger charge is 2.28. The maximum absolute atomic E-state index is 13.4. The van der Waals surface area contributed by atoms with Gasteiger partial charge in [-0.15, -0.1) is 0 Å². The maximum atomic E-state index is 13.4. The number of carbonyl (C=O) groups is 1. The molecular weight excluding hydrogens is 438 g/mol. The fraction of sp³-hybridized carbons (Fsp3) is 0.333. The van der Waals surface area contributed by atoms with E-state index in [1.54, 1.807) is 24.5 Å². The van der Waals surface area contributed by atoms with Crippen LogP contribution in [0.25, 0.3) is 11.0 Å². The zero-order chi connectivity index (χ0) is 22.4. The summed E-state index contributed by atoms with van der Waals surface area (Å²) in [5.74, 6) is 0.299. The molecule has 0 spiro atoms. The molecule has 1 aliphatic rings. The second-order valence-electron chi connectivity index (χ2n) is 7.83. The van der Waals surface area contributed by atoms with E-state index in [-0.39, 0.29) is 21.5 Å². The topological polar surface area (TPSA) is 106 Å². The highest BCUT2D eigenvalue weighted by Crippen LogP contribution is 2.36. The van der Waals surface area contributed by atoms with Crippen molar-refractivity contribution in [3.8, 4) is 0 Å². The van der Waals surface area contributed by atoms with Crippen LogP contribution >= 0.6 is 0 Å². The number of hydrogen-bond acceptors (Lipinski definition) is 6. The number of benzene rings is 1. The van der Waals surface area contributed by atoms with Gasteiger partial charge in [0.2, 0.25) is 10.0 Å². The number of aromatic nitrogens is 2. The van der Waals surface area contributed by atoms with E-state index in [0.717, 1.165) is 9.87 Å². The zero-order valence-electron chi connectivity index (χ0n) is 17.2. The van der Waals surface area contributed by atoms with Gasteiger partial charge in [0.1, 0.15) is 5.78 Å². The molecule has 164 valence electrons. The Morgan fingerprint density at radius 1 is 0.968 bits per heavy atom. The third-order valence-corrected chi connectivity index (χ3v) is 9.21. The molecule has 0 atom stereocenters. The molecule has 1 aromatic carbocycles. The van der Waals surface area contributed by atoms with Gasteiger partial charge in [0.25, 0.3) is 10.0 Å². The van der Waals surface area contributed by atoms with Crippen molar-refractivity contribution < 1.29 is 21.6 Å². The Hall–Kier alpha value is -2.56. The van der Waals surface area contributed by atoms with Crippen LogP contribution in [0.5, 0.6) is 0 Å². The Bertz CT molecular complexity index is 1350. The number of sulfonamides is 1. The van der Waals surface area contributed by atoms with E-state index in [0.29, 0.717) is 36.7 Å². The Morgan fingerprint density at radius 2 is 1.58 bits per heavy atom. The molecule has 0 radical (unpaired) electrons. The van der Waals surface area contributed by atoms with Gasteiger partial charge in [0.15, 0.2) is 0 Å². The zero-order valence-corrected chi connectivity index (χ0v) is 18.9. The molecule has 0 aliphatic heterocycles. The molecule has 1 fully saturated rings. The van der Waals surface area contributed by atoms with Crippen LogP contribution in [-0.2, 0) is 24.8 Å². The first-order valence-corrected chi connectivity index (χ1v) is 12.8. The summed E-state index contributed by atoms with van der Waals surface area (Å²) in [5.41, 5.74) is 1.88. The Balaban J connectivity index is 1.79. The van der Waals surface area contributed by atoms with Crippen molar-refractivity contribution >= 4 is 36.9 Å². The van der Waals surface area contributed by atoms with Gasteiger partial charge in [0, 0.05) is 44.9 Å². The third kappa shape index (κ3) is 3.79. The lowest BCUT2D eigenvalue weighted by atomic mass is 9.84. The molecule has 2 aromatic heterocycles. The van der Waals surface area contributed by atoms with Crippen molar-refractivity contribution in [1.82, 2.24) is 13.3 Å². The summed E-state index contributed by atoms with van der Waals surface area (Å²) in [5, 5.41) is 0. The van der Waals surface area contributed by atoms with Crippen molar-refractivity contribution in [1.29, 1.82) is 0 Å². The summed E-state index contributed by atoms with van der Waals surface area (Å²) in [6.07, 6.45) is 5.53. The van der Waals surface area contributed by atoms with Crippen molar-refractivity contribution in [2.45, 2.75) is 41.4 Å². The van der Waals surface area contributed by atoms with E-state index in [2.05, 4.69) is 4.98 Å². The molecule has 31 heavy (non-hydrogen) atoms. The van der Waals surface area contributed by atoms with E-state index in [4.69, 9.17) is 0 Å². The van der Waals surface area contributed by atoms with Crippen LogP contribution in [0.1, 0.15) is 37.2 Å². The molecule has 0 amide bonds. The second-order valence-corrected chi connectivity index (χ2v) is 11.8. The number of ketones is 1. The summed E-state index contributed by atoms with van der Waals surface area (Å²) in [6, 6.07) is 8.55. The molecule has 0 saturated heterocycles. The monoisotopic (exact) mass is 461 g/mol. The van der Waals surface area contributed by atoms with Gasteiger partial charge in [-0.05, 0) is 55.2 Å². The summed E-state index contributed by atoms with van der Waals surface area (Å²) in [7, 11) is -4.80. The fourth-order valence-corrected chi connectivity index (χ4v) is 6.18. The van der Waals surface area contributed by atoms with Crippen LogP contribution in [0.3, 0.4) is 0 Å². The molecule has 8 nitrogen and oxygen atoms in total. The Morgan fingerprint density at radius 3 is 2.19 bits per heavy atom. The summed E-state index contributed by atoms with van der Waals surface area (Å²) in [6.45, 7) is 0. The van der Waals surface area contributed by atoms with Crippen LogP contribution in [0, 0.1) is 0 Å². The summed E-state index contributed by atoms with van der Waals surface area (Å²) >= 11 is 0. The molecule has 3 aromatic rings. The quantitative estimate of drug-likeness (QED) is 0.578. The molecule has 0 unspecified atom stereocenters. The number of fused-ring (bicyclic) bond motifs is 1. The fourth-order valence-electron chi connectivity index (χ4n) is 3.91. The summed E-state index contributed by atoms with van der Waals surface area (Å²) in [4.78, 5) is 16.0. The lowest BCUT2D eigenvalue weighted by Gasteiger charge is -2.20. The second kappa shape index (κ2) is 7.85. The Labute approximate surface area is 181 Å². The summed E-state index contributed by atoms with van der Waals surface area (Å²) < 4.78 is 53.7. The molecule has 0 N–H and O–H groups in total. The highest BCUT2D eigenvalue weighted by atomic mass is 32.2. The number of carbonyl (C=O) groups excluding carboxylic acids is 1. The lowest BCUT2D eigenvalue weighted by molar-refractivity contribution is -0.120. The van der Waals surface area contributed by atoms with Crippen molar-refractivity contribution in [2.24, 2.45) is 0 Å². The predicted molar refractivity (Wildman–Crippen MR) is 116 cm³/mol. The smallest absolute Gasteiger partial charge is 0.268 e. The van der Waals surface area contributed by atoms with Crippen LogP contribution in [-0.4, -0.2) is 50.0 Å². The van der Waals surface area contributed by atoms with Crippen LogP contribution in [0.15, 0.2) is 58.6 Å². The van der Waals surface area contributed by atoms with Gasteiger partial charge in [-0.2, -0.15) is 0 Å². The van der Waals surface area contributed by atoms with Gasteiger partial charge < -0.3 is 0 Å². The van der Waals surface area contributed by atoms with E-state index < -0.39 is 20.0 Å². The van der Waals surface area contributed by atoms with Gasteiger partial charge in [0.05, 0.1) is 20.8 Å². The minimum atomic E-state index is -3.98. The molecule has 4 rings (SSSR count). The molecule has 1 saturated carbocycles. The van der Waals surface area contributed by atoms with Crippen LogP contribution < -0.4 is 0 Å². The van der Waals surface area contributed by atoms with Gasteiger partial charge >= 0.3 is 0 Å². The number of hydrogen-bond donors (Lipinski definition) is 0. The molecule has 0 bridgehead atoms. The average Bonchev–Trinajstić information content (AvgIpc) is 3.15. The maximum Gasteiger partial charge on any atom is 0.268 e. The van der Waals surface area contributed by atoms with E-state index in [1.807, 2.05) is 0 Å². The molecular formula is C21H23N3O5S2. The molecule has 10 heteroatoms. The number of rotatable bonds is 5. The normalized spacial score (nSPS) is 16.3. The number of nitrogens with zero attached hydrogens (tertiary/aromatic N) is 3. The first-order chi connectivity index (χ1) is 14.6. The average molecular weight is 462 g/mol. The van der Waals surface area contributed by atoms with Crippen molar-refractivity contribution in [3.05, 3.63) is 54.4 Å². The van der Waals surface area contributed by atoms with Crippen molar-refractivity contribution in [3.63, 3.8) is 0 Å². The third-order valence-electron chi connectivity index (χ3n) is 5.70. The van der Waals surface area contributed by atoms with Gasteiger partial charge in [-0.1, -0.05) is 0 Å². The van der Waals surface area contributed by atoms with E-state index in [9.17, 15) is 21.6 Å². The standard InChI is InChI=1S/C21H23N3O5S2/c1-23(2)30(26,27)17-9-11-18(12-10-17)31(28,29)24-14-19(15-5-7-16(25)8-6-15)21-20(24)4-3-13-22-21/h3-4,9-15H,5-8H2,1-2H3. The van der Waals surface area contributed by atoms with E-state index >= 15 is 0 Å². The first-order valence-electron chi connectivity index (χ1n) is 9.88.